The van der Waals surface area contributed by atoms with Crippen LogP contribution in [0, 0.1) is 18.6 Å². The van der Waals surface area contributed by atoms with Crippen LogP contribution in [0.5, 0.6) is 5.75 Å². The molecule has 0 radical (unpaired) electrons. The number of benzene rings is 2. The lowest BCUT2D eigenvalue weighted by Crippen LogP contribution is -2.36. The third kappa shape index (κ3) is 4.84. The average Bonchev–Trinajstić information content (AvgIpc) is 3.36. The molecule has 1 aromatic heterocycles. The van der Waals surface area contributed by atoms with Gasteiger partial charge in [0.1, 0.15) is 32.8 Å². The first-order chi connectivity index (χ1) is 15.2. The summed E-state index contributed by atoms with van der Waals surface area (Å²) < 4.78 is 61.3. The Kier molecular flexibility index (Phi) is 6.33. The van der Waals surface area contributed by atoms with Crippen LogP contribution in [-0.2, 0) is 22.1 Å². The van der Waals surface area contributed by atoms with E-state index >= 15 is 4.39 Å². The highest BCUT2D eigenvalue weighted by Gasteiger charge is 2.37. The van der Waals surface area contributed by atoms with Gasteiger partial charge in [-0.05, 0) is 19.4 Å². The van der Waals surface area contributed by atoms with Crippen molar-refractivity contribution in [3.63, 3.8) is 0 Å². The second kappa shape index (κ2) is 8.88. The first kappa shape index (κ1) is 22.8. The number of ether oxygens (including phenoxy) is 1. The molecule has 0 bridgehead atoms. The Morgan fingerprint density at radius 2 is 2.00 bits per heavy atom. The van der Waals surface area contributed by atoms with Crippen LogP contribution in [0.3, 0.4) is 0 Å². The van der Waals surface area contributed by atoms with E-state index in [1.54, 1.807) is 5.38 Å². The van der Waals surface area contributed by atoms with Crippen LogP contribution in [0.25, 0.3) is 0 Å². The summed E-state index contributed by atoms with van der Waals surface area (Å²) in [5, 5.41) is 1.89. The largest absolute Gasteiger partial charge is 0.486 e. The topological polar surface area (TPSA) is 59.5 Å². The molecule has 9 heteroatoms. The molecule has 0 aliphatic carbocycles. The quantitative estimate of drug-likeness (QED) is 0.491. The summed E-state index contributed by atoms with van der Waals surface area (Å²) in [6.07, 6.45) is 2.14. The molecule has 1 saturated heterocycles. The van der Waals surface area contributed by atoms with Crippen molar-refractivity contribution in [1.82, 2.24) is 9.88 Å². The van der Waals surface area contributed by atoms with E-state index in [4.69, 9.17) is 4.74 Å². The van der Waals surface area contributed by atoms with Gasteiger partial charge in [-0.2, -0.15) is 0 Å². The van der Waals surface area contributed by atoms with Crippen molar-refractivity contribution in [2.24, 2.45) is 0 Å². The zero-order chi connectivity index (χ0) is 22.9. The molecule has 3 aromatic rings. The van der Waals surface area contributed by atoms with Crippen molar-refractivity contribution >= 4 is 21.2 Å². The summed E-state index contributed by atoms with van der Waals surface area (Å²) in [7, 11) is -4.24. The first-order valence-corrected chi connectivity index (χ1v) is 12.8. The van der Waals surface area contributed by atoms with Gasteiger partial charge in [-0.25, -0.2) is 22.2 Å². The van der Waals surface area contributed by atoms with Crippen molar-refractivity contribution in [2.45, 2.75) is 43.1 Å². The molecule has 0 amide bonds. The predicted octanol–water partition coefficient (Wildman–Crippen LogP) is 4.75. The lowest BCUT2D eigenvalue weighted by molar-refractivity contribution is 0.0930. The smallest absolute Gasteiger partial charge is 0.190 e. The normalized spacial score (nSPS) is 19.4. The number of thiazole rings is 1. The molecule has 1 unspecified atom stereocenters. The molecule has 0 N–H and O–H groups in total. The summed E-state index contributed by atoms with van der Waals surface area (Å²) in [5.41, 5.74) is 0.520. The number of nitrogens with zero attached hydrogens (tertiary/aromatic N) is 2. The Bertz CT molecular complexity index is 1200. The predicted molar refractivity (Wildman–Crippen MR) is 119 cm³/mol. The minimum Gasteiger partial charge on any atom is -0.486 e. The van der Waals surface area contributed by atoms with Crippen LogP contribution in [0.15, 0.2) is 52.9 Å². The Morgan fingerprint density at radius 1 is 1.25 bits per heavy atom. The van der Waals surface area contributed by atoms with Crippen molar-refractivity contribution in [3.8, 4) is 5.75 Å². The van der Waals surface area contributed by atoms with Gasteiger partial charge in [-0.1, -0.05) is 30.3 Å². The third-order valence-electron chi connectivity index (χ3n) is 5.60. The molecule has 1 aliphatic heterocycles. The minimum absolute atomic E-state index is 0.0214. The molecule has 2 aromatic carbocycles. The lowest BCUT2D eigenvalue weighted by Gasteiger charge is -2.28. The lowest BCUT2D eigenvalue weighted by atomic mass is 10.1. The molecule has 0 spiro atoms. The minimum atomic E-state index is -4.24. The van der Waals surface area contributed by atoms with Crippen LogP contribution in [0.1, 0.15) is 29.5 Å². The molecule has 170 valence electrons. The Balaban J connectivity index is 1.53. The number of hydrogen-bond donors (Lipinski definition) is 0. The van der Waals surface area contributed by atoms with Crippen molar-refractivity contribution in [3.05, 3.63) is 75.7 Å². The number of aromatic nitrogens is 1. The standard InChI is InChI=1S/C23H24F2N2O3S2/c1-16-19(30-23(2)8-10-27(15-23)13-17-6-4-3-5-7-17)12-18(24)22(21(16)25)32(28,29)14-20-26-9-11-31-20/h3-7,9,11-12H,8,10,13-15H2,1-2H3. The van der Waals surface area contributed by atoms with E-state index in [2.05, 4.69) is 22.0 Å². The van der Waals surface area contributed by atoms with Crippen LogP contribution in [-0.4, -0.2) is 37.0 Å². The maximum Gasteiger partial charge on any atom is 0.190 e. The highest BCUT2D eigenvalue weighted by molar-refractivity contribution is 7.90. The first-order valence-electron chi connectivity index (χ1n) is 10.2. The van der Waals surface area contributed by atoms with Gasteiger partial charge in [0.25, 0.3) is 0 Å². The van der Waals surface area contributed by atoms with E-state index in [1.807, 2.05) is 25.1 Å². The maximum atomic E-state index is 15.1. The summed E-state index contributed by atoms with van der Waals surface area (Å²) >= 11 is 1.12. The molecule has 2 heterocycles. The van der Waals surface area contributed by atoms with Crippen LogP contribution in [0.2, 0.25) is 0 Å². The van der Waals surface area contributed by atoms with Gasteiger partial charge in [0, 0.05) is 49.3 Å². The molecule has 5 nitrogen and oxygen atoms in total. The van der Waals surface area contributed by atoms with Crippen molar-refractivity contribution in [1.29, 1.82) is 0 Å². The van der Waals surface area contributed by atoms with Crippen LogP contribution >= 0.6 is 11.3 Å². The monoisotopic (exact) mass is 478 g/mol. The van der Waals surface area contributed by atoms with Gasteiger partial charge in [0.05, 0.1) is 0 Å². The van der Waals surface area contributed by atoms with Crippen molar-refractivity contribution < 1.29 is 21.9 Å². The van der Waals surface area contributed by atoms with E-state index in [0.29, 0.717) is 13.0 Å². The molecule has 4 rings (SSSR count). The van der Waals surface area contributed by atoms with Crippen LogP contribution in [0.4, 0.5) is 8.78 Å². The Hall–Kier alpha value is -2.36. The summed E-state index contributed by atoms with van der Waals surface area (Å²) in [6, 6.07) is 11.0. The van der Waals surface area contributed by atoms with E-state index in [0.717, 1.165) is 30.5 Å². The highest BCUT2D eigenvalue weighted by Crippen LogP contribution is 2.35. The zero-order valence-electron chi connectivity index (χ0n) is 17.8. The van der Waals surface area contributed by atoms with E-state index in [9.17, 15) is 12.8 Å². The number of likely N-dealkylation sites (tertiary alicyclic amines) is 1. The van der Waals surface area contributed by atoms with Gasteiger partial charge in [-0.3, -0.25) is 4.90 Å². The van der Waals surface area contributed by atoms with E-state index < -0.39 is 37.7 Å². The Morgan fingerprint density at radius 3 is 2.69 bits per heavy atom. The van der Waals surface area contributed by atoms with E-state index in [1.165, 1.54) is 18.7 Å². The fraction of sp³-hybridized carbons (Fsp3) is 0.348. The molecule has 1 fully saturated rings. The molecule has 1 atom stereocenters. The van der Waals surface area contributed by atoms with Gasteiger partial charge < -0.3 is 4.74 Å². The number of sulfone groups is 1. The maximum absolute atomic E-state index is 15.1. The third-order valence-corrected chi connectivity index (χ3v) is 8.21. The van der Waals surface area contributed by atoms with Gasteiger partial charge in [0.2, 0.25) is 0 Å². The average molecular weight is 479 g/mol. The number of rotatable bonds is 7. The molecular formula is C23H24F2N2O3S2. The second-order valence-corrected chi connectivity index (χ2v) is 11.2. The molecule has 32 heavy (non-hydrogen) atoms. The fourth-order valence-electron chi connectivity index (χ4n) is 3.97. The van der Waals surface area contributed by atoms with Gasteiger partial charge >= 0.3 is 0 Å². The van der Waals surface area contributed by atoms with Gasteiger partial charge in [0.15, 0.2) is 15.7 Å². The summed E-state index contributed by atoms with van der Waals surface area (Å²) in [5.74, 6) is -2.79. The van der Waals surface area contributed by atoms with E-state index in [-0.39, 0.29) is 16.3 Å². The fourth-order valence-corrected chi connectivity index (χ4v) is 6.44. The van der Waals surface area contributed by atoms with Crippen LogP contribution < -0.4 is 4.74 Å². The zero-order valence-corrected chi connectivity index (χ0v) is 19.5. The summed E-state index contributed by atoms with van der Waals surface area (Å²) in [4.78, 5) is 5.20. The van der Waals surface area contributed by atoms with Gasteiger partial charge in [-0.15, -0.1) is 11.3 Å². The Labute approximate surface area is 190 Å². The number of hydrogen-bond acceptors (Lipinski definition) is 6. The molecule has 1 aliphatic rings. The molecule has 0 saturated carbocycles. The summed E-state index contributed by atoms with van der Waals surface area (Å²) in [6.45, 7) is 5.45. The highest BCUT2D eigenvalue weighted by atomic mass is 32.2. The SMILES string of the molecule is Cc1c(OC2(C)CCN(Cc3ccccc3)C2)cc(F)c(S(=O)(=O)Cc2nccs2)c1F. The number of halogens is 2. The molecular weight excluding hydrogens is 454 g/mol. The second-order valence-electron chi connectivity index (χ2n) is 8.31. The van der Waals surface area contributed by atoms with Crippen molar-refractivity contribution in [2.75, 3.05) is 13.1 Å².